The molecule has 0 aliphatic heterocycles. The average molecular weight is 188 g/mol. The molecule has 1 aromatic rings. The second-order valence-corrected chi connectivity index (χ2v) is 2.08. The second kappa shape index (κ2) is 4.46. The summed E-state index contributed by atoms with van der Waals surface area (Å²) < 4.78 is 0. The molecule has 0 spiro atoms. The Kier molecular flexibility index (Phi) is 3.93. The summed E-state index contributed by atoms with van der Waals surface area (Å²) >= 11 is 0. The van der Waals surface area contributed by atoms with E-state index in [0.717, 1.165) is 0 Å². The molecule has 0 unspecified atom stereocenters. The molecule has 12 heavy (non-hydrogen) atoms. The minimum Gasteiger partial charge on any atom is -0.397 e. The van der Waals surface area contributed by atoms with Crippen molar-refractivity contribution in [2.45, 2.75) is 0 Å². The van der Waals surface area contributed by atoms with Crippen LogP contribution in [0.2, 0.25) is 0 Å². The van der Waals surface area contributed by atoms with E-state index in [1.165, 1.54) is 0 Å². The van der Waals surface area contributed by atoms with Gasteiger partial charge in [-0.05, 0) is 12.1 Å². The minimum absolute atomic E-state index is 0. The maximum absolute atomic E-state index is 10.4. The normalized spacial score (nSPS) is 8.33. The maximum Gasteiger partial charge on any atom is 0.316 e. The molecule has 0 heterocycles. The molecule has 0 atom stereocenters. The Bertz CT molecular complexity index is 277. The van der Waals surface area contributed by atoms with Crippen LogP contribution in [0.3, 0.4) is 0 Å². The summed E-state index contributed by atoms with van der Waals surface area (Å²) in [5.74, 6) is 0. The van der Waals surface area contributed by atoms with Crippen molar-refractivity contribution in [1.29, 1.82) is 0 Å². The van der Waals surface area contributed by atoms with Gasteiger partial charge in [-0.1, -0.05) is 12.1 Å². The Morgan fingerprint density at radius 1 is 1.33 bits per heavy atom. The number of primary amides is 1. The molecule has 0 aliphatic rings. The van der Waals surface area contributed by atoms with E-state index in [9.17, 15) is 4.79 Å². The number of carbonyl (C=O) groups excluding carboxylic acids is 1. The molecule has 0 bridgehead atoms. The molecule has 1 aromatic carbocycles. The highest BCUT2D eigenvalue weighted by Gasteiger charge is 1.97. The molecule has 5 N–H and O–H groups in total. The van der Waals surface area contributed by atoms with E-state index in [1.807, 2.05) is 0 Å². The maximum atomic E-state index is 10.4. The van der Waals surface area contributed by atoms with Gasteiger partial charge in [0.05, 0.1) is 11.4 Å². The van der Waals surface area contributed by atoms with Crippen LogP contribution in [-0.2, 0) is 0 Å². The van der Waals surface area contributed by atoms with E-state index < -0.39 is 6.03 Å². The monoisotopic (exact) mass is 187 g/mol. The lowest BCUT2D eigenvalue weighted by molar-refractivity contribution is 0.259. The number of hydrogen-bond donors (Lipinski definition) is 3. The Labute approximate surface area is 76.3 Å². The van der Waals surface area contributed by atoms with Crippen LogP contribution in [0.25, 0.3) is 0 Å². The largest absolute Gasteiger partial charge is 0.397 e. The van der Waals surface area contributed by atoms with Gasteiger partial charge in [0.15, 0.2) is 0 Å². The van der Waals surface area contributed by atoms with Crippen LogP contribution in [0.4, 0.5) is 16.2 Å². The van der Waals surface area contributed by atoms with Crippen molar-refractivity contribution in [3.63, 3.8) is 0 Å². The molecule has 0 fully saturated rings. The number of carbonyl (C=O) groups is 1. The highest BCUT2D eigenvalue weighted by atomic mass is 35.5. The average Bonchev–Trinajstić information content (AvgIpc) is 1.93. The number of rotatable bonds is 1. The summed E-state index contributed by atoms with van der Waals surface area (Å²) in [6, 6.07) is 6.30. The SMILES string of the molecule is Cl.NC(=O)Nc1ccccc1N. The Hall–Kier alpha value is -1.42. The third-order valence-corrected chi connectivity index (χ3v) is 1.22. The van der Waals surface area contributed by atoms with Gasteiger partial charge in [0.25, 0.3) is 0 Å². The van der Waals surface area contributed by atoms with Gasteiger partial charge < -0.3 is 16.8 Å². The van der Waals surface area contributed by atoms with Gasteiger partial charge in [-0.25, -0.2) is 4.79 Å². The smallest absolute Gasteiger partial charge is 0.316 e. The Balaban J connectivity index is 0.00000121. The lowest BCUT2D eigenvalue weighted by atomic mass is 10.3. The van der Waals surface area contributed by atoms with Crippen LogP contribution in [-0.4, -0.2) is 6.03 Å². The first-order chi connectivity index (χ1) is 5.20. The van der Waals surface area contributed by atoms with Crippen LogP contribution >= 0.6 is 12.4 Å². The fourth-order valence-electron chi connectivity index (χ4n) is 0.744. The minimum atomic E-state index is -0.608. The van der Waals surface area contributed by atoms with E-state index in [4.69, 9.17) is 11.5 Å². The van der Waals surface area contributed by atoms with Gasteiger partial charge in [-0.2, -0.15) is 0 Å². The number of nitrogens with one attached hydrogen (secondary N) is 1. The van der Waals surface area contributed by atoms with E-state index in [-0.39, 0.29) is 12.4 Å². The number of benzene rings is 1. The second-order valence-electron chi connectivity index (χ2n) is 2.08. The zero-order chi connectivity index (χ0) is 8.27. The zero-order valence-electron chi connectivity index (χ0n) is 6.28. The summed E-state index contributed by atoms with van der Waals surface area (Å²) in [7, 11) is 0. The number of para-hydroxylation sites is 2. The van der Waals surface area contributed by atoms with E-state index in [0.29, 0.717) is 11.4 Å². The van der Waals surface area contributed by atoms with Crippen molar-refractivity contribution in [2.24, 2.45) is 5.73 Å². The third-order valence-electron chi connectivity index (χ3n) is 1.22. The highest BCUT2D eigenvalue weighted by Crippen LogP contribution is 2.15. The zero-order valence-corrected chi connectivity index (χ0v) is 7.10. The molecular formula is C7H10ClN3O. The molecule has 1 rings (SSSR count). The van der Waals surface area contributed by atoms with Gasteiger partial charge >= 0.3 is 6.03 Å². The highest BCUT2D eigenvalue weighted by molar-refractivity contribution is 5.91. The fraction of sp³-hybridized carbons (Fsp3) is 0. The number of nitrogen functional groups attached to an aromatic ring is 1. The van der Waals surface area contributed by atoms with Crippen molar-refractivity contribution >= 4 is 29.8 Å². The van der Waals surface area contributed by atoms with Gasteiger partial charge in [0, 0.05) is 0 Å². The summed E-state index contributed by atoms with van der Waals surface area (Å²) in [5, 5.41) is 2.39. The summed E-state index contributed by atoms with van der Waals surface area (Å²) in [6.45, 7) is 0. The standard InChI is InChI=1S/C7H9N3O.ClH/c8-5-3-1-2-4-6(5)10-7(9)11;/h1-4H,8H2,(H3,9,10,11);1H. The van der Waals surface area contributed by atoms with Crippen LogP contribution in [0.1, 0.15) is 0 Å². The van der Waals surface area contributed by atoms with Gasteiger partial charge in [0.2, 0.25) is 0 Å². The molecular weight excluding hydrogens is 178 g/mol. The lowest BCUT2D eigenvalue weighted by Crippen LogP contribution is -2.19. The van der Waals surface area contributed by atoms with Crippen LogP contribution in [0, 0.1) is 0 Å². The van der Waals surface area contributed by atoms with E-state index in [2.05, 4.69) is 5.32 Å². The molecule has 4 nitrogen and oxygen atoms in total. The quantitative estimate of drug-likeness (QED) is 0.577. The number of amides is 2. The summed E-state index contributed by atoms with van der Waals surface area (Å²) in [6.07, 6.45) is 0. The Morgan fingerprint density at radius 2 is 1.92 bits per heavy atom. The summed E-state index contributed by atoms with van der Waals surface area (Å²) in [5.41, 5.74) is 11.4. The molecule has 5 heteroatoms. The molecule has 0 radical (unpaired) electrons. The number of nitrogens with two attached hydrogens (primary N) is 2. The lowest BCUT2D eigenvalue weighted by Gasteiger charge is -2.03. The third kappa shape index (κ3) is 2.67. The van der Waals surface area contributed by atoms with Crippen molar-refractivity contribution in [1.82, 2.24) is 0 Å². The van der Waals surface area contributed by atoms with E-state index >= 15 is 0 Å². The van der Waals surface area contributed by atoms with Crippen molar-refractivity contribution in [2.75, 3.05) is 11.1 Å². The number of halogens is 1. The van der Waals surface area contributed by atoms with Gasteiger partial charge in [0.1, 0.15) is 0 Å². The molecule has 0 aliphatic carbocycles. The van der Waals surface area contributed by atoms with Gasteiger partial charge in [-0.15, -0.1) is 12.4 Å². The number of hydrogen-bond acceptors (Lipinski definition) is 2. The molecule has 0 saturated heterocycles. The first-order valence-corrected chi connectivity index (χ1v) is 3.11. The van der Waals surface area contributed by atoms with Crippen LogP contribution in [0.15, 0.2) is 24.3 Å². The van der Waals surface area contributed by atoms with Crippen molar-refractivity contribution < 1.29 is 4.79 Å². The molecule has 2 amide bonds. The fourth-order valence-corrected chi connectivity index (χ4v) is 0.744. The first kappa shape index (κ1) is 10.6. The first-order valence-electron chi connectivity index (χ1n) is 3.11. The van der Waals surface area contributed by atoms with Crippen molar-refractivity contribution in [3.05, 3.63) is 24.3 Å². The van der Waals surface area contributed by atoms with Crippen molar-refractivity contribution in [3.8, 4) is 0 Å². The molecule has 0 saturated carbocycles. The molecule has 0 aromatic heterocycles. The predicted octanol–water partition coefficient (Wildman–Crippen LogP) is 1.18. The van der Waals surface area contributed by atoms with Gasteiger partial charge in [-0.3, -0.25) is 0 Å². The number of urea groups is 1. The Morgan fingerprint density at radius 3 is 2.42 bits per heavy atom. The van der Waals surface area contributed by atoms with E-state index in [1.54, 1.807) is 24.3 Å². The summed E-state index contributed by atoms with van der Waals surface area (Å²) in [4.78, 5) is 10.4. The number of anilines is 2. The van der Waals surface area contributed by atoms with Crippen LogP contribution in [0.5, 0.6) is 0 Å². The topological polar surface area (TPSA) is 81.1 Å². The predicted molar refractivity (Wildman–Crippen MR) is 51.3 cm³/mol. The van der Waals surface area contributed by atoms with Crippen LogP contribution < -0.4 is 16.8 Å². The molecule has 66 valence electrons.